The van der Waals surface area contributed by atoms with Crippen LogP contribution in [0, 0.1) is 0 Å². The molecule has 0 bridgehead atoms. The Morgan fingerprint density at radius 3 is 1.32 bits per heavy atom. The monoisotopic (exact) mass is 367 g/mol. The third-order valence-corrected chi connectivity index (χ3v) is 4.44. The van der Waals surface area contributed by atoms with E-state index in [1.54, 1.807) is 0 Å². The van der Waals surface area contributed by atoms with Crippen LogP contribution in [0.4, 0.5) is 0 Å². The Balaban J connectivity index is 0.00000176. The van der Waals surface area contributed by atoms with Gasteiger partial charge in [0.25, 0.3) is 0 Å². The topological polar surface area (TPSA) is 0 Å². The van der Waals surface area contributed by atoms with Crippen LogP contribution in [0.2, 0.25) is 0 Å². The summed E-state index contributed by atoms with van der Waals surface area (Å²) in [5, 5.41) is 5.48. The van der Waals surface area contributed by atoms with Gasteiger partial charge in [0.1, 0.15) is 0 Å². The quantitative estimate of drug-likeness (QED) is 0.408. The standard InChI is InChI=1S/C21H25.Zr/c1-20(2,3)16-7-9-18-14(12-16)11-15-13-17(21(4,5)6)8-10-19(15)18;/h7-13H,1-6H3;/q-1;. The van der Waals surface area contributed by atoms with Crippen molar-refractivity contribution in [3.63, 3.8) is 0 Å². The maximum atomic E-state index is 2.35. The van der Waals surface area contributed by atoms with Crippen molar-refractivity contribution in [2.75, 3.05) is 0 Å². The van der Waals surface area contributed by atoms with Crippen molar-refractivity contribution in [1.82, 2.24) is 0 Å². The Hall–Kier alpha value is -0.807. The molecule has 0 aliphatic rings. The van der Waals surface area contributed by atoms with Gasteiger partial charge in [0, 0.05) is 26.2 Å². The molecule has 0 amide bonds. The predicted octanol–water partition coefficient (Wildman–Crippen LogP) is 6.30. The fraction of sp³-hybridized carbons (Fsp3) is 0.381. The van der Waals surface area contributed by atoms with Crippen LogP contribution in [-0.4, -0.2) is 0 Å². The Kier molecular flexibility index (Phi) is 4.53. The molecule has 0 atom stereocenters. The summed E-state index contributed by atoms with van der Waals surface area (Å²) in [6, 6.07) is 16.2. The van der Waals surface area contributed by atoms with Crippen LogP contribution in [0.5, 0.6) is 0 Å². The van der Waals surface area contributed by atoms with Crippen molar-refractivity contribution in [2.45, 2.75) is 52.4 Å². The van der Waals surface area contributed by atoms with Crippen LogP contribution in [0.25, 0.3) is 21.5 Å². The third-order valence-electron chi connectivity index (χ3n) is 4.44. The number of hydrogen-bond donors (Lipinski definition) is 0. The normalized spacial score (nSPS) is 12.6. The minimum Gasteiger partial charge on any atom is -0.126 e. The van der Waals surface area contributed by atoms with Gasteiger partial charge in [-0.1, -0.05) is 76.9 Å². The molecule has 1 heteroatoms. The number of rotatable bonds is 0. The van der Waals surface area contributed by atoms with Gasteiger partial charge in [-0.2, -0.15) is 0 Å². The average Bonchev–Trinajstić information content (AvgIpc) is 2.73. The first-order valence-corrected chi connectivity index (χ1v) is 7.80. The van der Waals surface area contributed by atoms with Gasteiger partial charge in [0.2, 0.25) is 0 Å². The molecule has 0 nitrogen and oxygen atoms in total. The summed E-state index contributed by atoms with van der Waals surface area (Å²) >= 11 is 0. The molecule has 0 spiro atoms. The van der Waals surface area contributed by atoms with Crippen LogP contribution in [0.1, 0.15) is 52.7 Å². The Bertz CT molecular complexity index is 739. The molecule has 3 aromatic carbocycles. The second kappa shape index (κ2) is 5.68. The predicted molar refractivity (Wildman–Crippen MR) is 94.4 cm³/mol. The largest absolute Gasteiger partial charge is 0.126 e. The van der Waals surface area contributed by atoms with E-state index >= 15 is 0 Å². The Morgan fingerprint density at radius 2 is 1.00 bits per heavy atom. The van der Waals surface area contributed by atoms with Gasteiger partial charge in [0.05, 0.1) is 0 Å². The Labute approximate surface area is 153 Å². The van der Waals surface area contributed by atoms with Gasteiger partial charge in [-0.3, -0.25) is 0 Å². The molecule has 0 saturated heterocycles. The maximum Gasteiger partial charge on any atom is 0 e. The SMILES string of the molecule is CC(C)(C)c1ccc2c(c1)[cH-]c1cc(C(C)(C)C)ccc12.[Zr]. The second-order valence-corrected chi connectivity index (χ2v) is 8.25. The number of fused-ring (bicyclic) bond motifs is 3. The van der Waals surface area contributed by atoms with E-state index in [1.165, 1.54) is 32.7 Å². The molecule has 0 aromatic heterocycles. The smallest absolute Gasteiger partial charge is 0 e. The van der Waals surface area contributed by atoms with Gasteiger partial charge in [-0.05, 0) is 10.8 Å². The van der Waals surface area contributed by atoms with Gasteiger partial charge < -0.3 is 0 Å². The summed E-state index contributed by atoms with van der Waals surface area (Å²) < 4.78 is 0. The van der Waals surface area contributed by atoms with E-state index in [2.05, 4.69) is 84.0 Å². The molecule has 0 N–H and O–H groups in total. The van der Waals surface area contributed by atoms with Gasteiger partial charge in [0.15, 0.2) is 0 Å². The zero-order valence-electron chi connectivity index (χ0n) is 14.5. The van der Waals surface area contributed by atoms with Crippen LogP contribution < -0.4 is 0 Å². The average molecular weight is 369 g/mol. The maximum absolute atomic E-state index is 2.35. The van der Waals surface area contributed by atoms with Gasteiger partial charge >= 0.3 is 0 Å². The van der Waals surface area contributed by atoms with Gasteiger partial charge in [-0.15, -0.1) is 39.7 Å². The molecule has 114 valence electrons. The zero-order valence-corrected chi connectivity index (χ0v) is 17.0. The van der Waals surface area contributed by atoms with E-state index in [0.717, 1.165) is 0 Å². The molecule has 0 saturated carbocycles. The summed E-state index contributed by atoms with van der Waals surface area (Å²) in [4.78, 5) is 0. The second-order valence-electron chi connectivity index (χ2n) is 8.25. The number of hydrogen-bond acceptors (Lipinski definition) is 0. The summed E-state index contributed by atoms with van der Waals surface area (Å²) in [5.41, 5.74) is 3.21. The molecule has 0 fully saturated rings. The van der Waals surface area contributed by atoms with Crippen LogP contribution in [-0.2, 0) is 37.0 Å². The third kappa shape index (κ3) is 3.11. The van der Waals surface area contributed by atoms with E-state index in [1.807, 2.05) is 0 Å². The minimum atomic E-state index is 0. The fourth-order valence-corrected chi connectivity index (χ4v) is 2.96. The van der Waals surface area contributed by atoms with Crippen molar-refractivity contribution in [3.05, 3.63) is 53.6 Å². The molecule has 0 aliphatic heterocycles. The number of benzene rings is 2. The molecular formula is C21H25Zr-. The van der Waals surface area contributed by atoms with Crippen molar-refractivity contribution >= 4 is 21.5 Å². The van der Waals surface area contributed by atoms with Crippen LogP contribution in [0.15, 0.2) is 42.5 Å². The molecule has 22 heavy (non-hydrogen) atoms. The Morgan fingerprint density at radius 1 is 0.636 bits per heavy atom. The van der Waals surface area contributed by atoms with E-state index in [9.17, 15) is 0 Å². The van der Waals surface area contributed by atoms with Crippen molar-refractivity contribution in [1.29, 1.82) is 0 Å². The summed E-state index contributed by atoms with van der Waals surface area (Å²) in [6.45, 7) is 13.6. The summed E-state index contributed by atoms with van der Waals surface area (Å²) in [5.74, 6) is 0. The van der Waals surface area contributed by atoms with E-state index < -0.39 is 0 Å². The van der Waals surface area contributed by atoms with Crippen LogP contribution >= 0.6 is 0 Å². The molecule has 3 rings (SSSR count). The molecule has 0 radical (unpaired) electrons. The summed E-state index contributed by atoms with van der Waals surface area (Å²) in [7, 11) is 0. The van der Waals surface area contributed by atoms with E-state index in [4.69, 9.17) is 0 Å². The minimum absolute atomic E-state index is 0. The summed E-state index contributed by atoms with van der Waals surface area (Å²) in [6.07, 6.45) is 0. The first-order chi connectivity index (χ1) is 9.66. The first kappa shape index (κ1) is 17.5. The zero-order chi connectivity index (χ0) is 15.4. The van der Waals surface area contributed by atoms with Crippen molar-refractivity contribution < 1.29 is 26.2 Å². The fourth-order valence-electron chi connectivity index (χ4n) is 2.96. The first-order valence-electron chi connectivity index (χ1n) is 7.80. The van der Waals surface area contributed by atoms with E-state index in [0.29, 0.717) is 0 Å². The molecule has 0 heterocycles. The van der Waals surface area contributed by atoms with Crippen molar-refractivity contribution in [3.8, 4) is 0 Å². The van der Waals surface area contributed by atoms with E-state index in [-0.39, 0.29) is 37.0 Å². The molecular weight excluding hydrogens is 343 g/mol. The molecule has 0 aliphatic carbocycles. The van der Waals surface area contributed by atoms with Gasteiger partial charge in [-0.25, -0.2) is 0 Å². The molecule has 3 aromatic rings. The molecule has 0 unspecified atom stereocenters. The van der Waals surface area contributed by atoms with Crippen LogP contribution in [0.3, 0.4) is 0 Å². The van der Waals surface area contributed by atoms with Crippen molar-refractivity contribution in [2.24, 2.45) is 0 Å².